The van der Waals surface area contributed by atoms with Crippen LogP contribution in [0.15, 0.2) is 0 Å². The van der Waals surface area contributed by atoms with Gasteiger partial charge >= 0.3 is 5.97 Å². The zero-order chi connectivity index (χ0) is 13.4. The molecule has 1 saturated heterocycles. The summed E-state index contributed by atoms with van der Waals surface area (Å²) in [7, 11) is 0. The van der Waals surface area contributed by atoms with Gasteiger partial charge in [-0.3, -0.25) is 9.59 Å². The van der Waals surface area contributed by atoms with Gasteiger partial charge < -0.3 is 10.0 Å². The molecule has 1 heterocycles. The molecule has 1 aliphatic heterocycles. The van der Waals surface area contributed by atoms with Crippen molar-refractivity contribution in [2.75, 3.05) is 13.1 Å². The third-order valence-corrected chi connectivity index (χ3v) is 5.40. The first-order valence-corrected chi connectivity index (χ1v) is 7.70. The lowest BCUT2D eigenvalue weighted by atomic mass is 9.78. The van der Waals surface area contributed by atoms with E-state index in [1.54, 1.807) is 0 Å². The Bertz CT molecular complexity index is 374. The van der Waals surface area contributed by atoms with Gasteiger partial charge in [0, 0.05) is 13.1 Å². The lowest BCUT2D eigenvalue weighted by Crippen LogP contribution is -2.44. The molecule has 3 fully saturated rings. The molecule has 0 unspecified atom stereocenters. The number of aliphatic carboxylic acids is 1. The van der Waals surface area contributed by atoms with E-state index in [9.17, 15) is 14.7 Å². The number of carboxylic acids is 1. The van der Waals surface area contributed by atoms with Gasteiger partial charge in [0.15, 0.2) is 0 Å². The van der Waals surface area contributed by atoms with Crippen LogP contribution in [0.4, 0.5) is 0 Å². The van der Waals surface area contributed by atoms with Crippen molar-refractivity contribution in [3.05, 3.63) is 0 Å². The number of rotatable bonds is 2. The largest absolute Gasteiger partial charge is 0.481 e. The van der Waals surface area contributed by atoms with E-state index in [2.05, 4.69) is 0 Å². The highest BCUT2D eigenvalue weighted by atomic mass is 16.4. The van der Waals surface area contributed by atoms with E-state index in [1.807, 2.05) is 4.90 Å². The molecule has 0 spiro atoms. The van der Waals surface area contributed by atoms with Crippen LogP contribution in [0.2, 0.25) is 0 Å². The number of carbonyl (C=O) groups excluding carboxylic acids is 1. The minimum Gasteiger partial charge on any atom is -0.481 e. The van der Waals surface area contributed by atoms with Crippen LogP contribution in [0.3, 0.4) is 0 Å². The molecular formula is C15H23NO3. The molecular weight excluding hydrogens is 242 g/mol. The minimum absolute atomic E-state index is 0.140. The Balaban J connectivity index is 1.76. The number of hydrogen-bond acceptors (Lipinski definition) is 2. The van der Waals surface area contributed by atoms with E-state index in [0.29, 0.717) is 5.92 Å². The topological polar surface area (TPSA) is 57.6 Å². The molecule has 19 heavy (non-hydrogen) atoms. The standard InChI is InChI=1S/C15H23NO3/c17-14(16-7-3-1-2-4-8-16)12-10-5-6-11(9-10)13(12)15(18)19/h10-13H,1-9H2,(H,18,19)/t10-,11-,12+,13-/m0/s1. The fraction of sp³-hybridized carbons (Fsp3) is 0.867. The quantitative estimate of drug-likeness (QED) is 0.832. The Labute approximate surface area is 114 Å². The van der Waals surface area contributed by atoms with E-state index < -0.39 is 11.9 Å². The lowest BCUT2D eigenvalue weighted by molar-refractivity contribution is -0.152. The second kappa shape index (κ2) is 5.14. The third kappa shape index (κ3) is 2.26. The van der Waals surface area contributed by atoms with Gasteiger partial charge in [0.05, 0.1) is 11.8 Å². The summed E-state index contributed by atoms with van der Waals surface area (Å²) in [5.74, 6) is -0.656. The first-order valence-electron chi connectivity index (χ1n) is 7.70. The second-order valence-corrected chi connectivity index (χ2v) is 6.46. The summed E-state index contributed by atoms with van der Waals surface area (Å²) in [4.78, 5) is 26.2. The molecule has 4 atom stereocenters. The Morgan fingerprint density at radius 1 is 0.895 bits per heavy atom. The number of hydrogen-bond donors (Lipinski definition) is 1. The molecule has 0 radical (unpaired) electrons. The van der Waals surface area contributed by atoms with Crippen LogP contribution in [0.1, 0.15) is 44.9 Å². The molecule has 0 aromatic heterocycles. The molecule has 0 aromatic carbocycles. The zero-order valence-electron chi connectivity index (χ0n) is 11.4. The maximum Gasteiger partial charge on any atom is 0.307 e. The van der Waals surface area contributed by atoms with Gasteiger partial charge in [0.1, 0.15) is 0 Å². The molecule has 3 aliphatic rings. The summed E-state index contributed by atoms with van der Waals surface area (Å²) in [5.41, 5.74) is 0. The maximum atomic E-state index is 12.7. The van der Waals surface area contributed by atoms with Crippen LogP contribution in [0.5, 0.6) is 0 Å². The number of likely N-dealkylation sites (tertiary alicyclic amines) is 1. The highest BCUT2D eigenvalue weighted by molar-refractivity contribution is 5.86. The molecule has 2 saturated carbocycles. The van der Waals surface area contributed by atoms with E-state index in [1.165, 1.54) is 12.8 Å². The molecule has 106 valence electrons. The van der Waals surface area contributed by atoms with Crippen LogP contribution in [-0.4, -0.2) is 35.0 Å². The van der Waals surface area contributed by atoms with Gasteiger partial charge in [-0.25, -0.2) is 0 Å². The summed E-state index contributed by atoms with van der Waals surface area (Å²) in [5, 5.41) is 9.44. The normalized spacial score (nSPS) is 38.2. The Hall–Kier alpha value is -1.06. The maximum absolute atomic E-state index is 12.7. The van der Waals surface area contributed by atoms with Gasteiger partial charge in [0.25, 0.3) is 0 Å². The Morgan fingerprint density at radius 2 is 1.47 bits per heavy atom. The number of amides is 1. The minimum atomic E-state index is -0.750. The fourth-order valence-electron chi connectivity index (χ4n) is 4.50. The monoisotopic (exact) mass is 265 g/mol. The van der Waals surface area contributed by atoms with Gasteiger partial charge in [-0.05, 0) is 43.9 Å². The van der Waals surface area contributed by atoms with Gasteiger partial charge in [-0.15, -0.1) is 0 Å². The molecule has 4 heteroatoms. The molecule has 4 nitrogen and oxygen atoms in total. The number of carbonyl (C=O) groups is 2. The summed E-state index contributed by atoms with van der Waals surface area (Å²) in [6.07, 6.45) is 7.56. The molecule has 2 aliphatic carbocycles. The average molecular weight is 265 g/mol. The van der Waals surface area contributed by atoms with E-state index >= 15 is 0 Å². The summed E-state index contributed by atoms with van der Waals surface area (Å²) >= 11 is 0. The van der Waals surface area contributed by atoms with Crippen molar-refractivity contribution in [2.24, 2.45) is 23.7 Å². The SMILES string of the molecule is O=C(O)[C@H]1[C@H]2CC[C@@H](C2)[C@H]1C(=O)N1CCCCCC1. The first-order chi connectivity index (χ1) is 9.18. The summed E-state index contributed by atoms with van der Waals surface area (Å²) in [6, 6.07) is 0. The zero-order valence-corrected chi connectivity index (χ0v) is 11.4. The van der Waals surface area contributed by atoms with E-state index in [0.717, 1.165) is 45.2 Å². The van der Waals surface area contributed by atoms with Crippen molar-refractivity contribution in [3.63, 3.8) is 0 Å². The molecule has 1 amide bonds. The molecule has 0 aromatic rings. The Morgan fingerprint density at radius 3 is 2.05 bits per heavy atom. The summed E-state index contributed by atoms with van der Waals surface area (Å²) < 4.78 is 0. The van der Waals surface area contributed by atoms with Crippen molar-refractivity contribution in [1.29, 1.82) is 0 Å². The van der Waals surface area contributed by atoms with Crippen molar-refractivity contribution < 1.29 is 14.7 Å². The number of fused-ring (bicyclic) bond motifs is 2. The van der Waals surface area contributed by atoms with Crippen LogP contribution in [-0.2, 0) is 9.59 Å². The number of nitrogens with zero attached hydrogens (tertiary/aromatic N) is 1. The van der Waals surface area contributed by atoms with Crippen molar-refractivity contribution in [2.45, 2.75) is 44.9 Å². The van der Waals surface area contributed by atoms with E-state index in [-0.39, 0.29) is 17.7 Å². The smallest absolute Gasteiger partial charge is 0.307 e. The van der Waals surface area contributed by atoms with Gasteiger partial charge in [-0.2, -0.15) is 0 Å². The first kappa shape index (κ1) is 12.9. The Kier molecular flexibility index (Phi) is 3.50. The lowest BCUT2D eigenvalue weighted by Gasteiger charge is -2.32. The highest BCUT2D eigenvalue weighted by Gasteiger charge is 2.54. The predicted molar refractivity (Wildman–Crippen MR) is 70.5 cm³/mol. The van der Waals surface area contributed by atoms with Gasteiger partial charge in [0.2, 0.25) is 5.91 Å². The predicted octanol–water partition coefficient (Wildman–Crippen LogP) is 2.14. The van der Waals surface area contributed by atoms with Crippen molar-refractivity contribution in [1.82, 2.24) is 4.90 Å². The van der Waals surface area contributed by atoms with Crippen molar-refractivity contribution >= 4 is 11.9 Å². The molecule has 1 N–H and O–H groups in total. The fourth-order valence-corrected chi connectivity index (χ4v) is 4.50. The average Bonchev–Trinajstić information content (AvgIpc) is 2.89. The third-order valence-electron chi connectivity index (χ3n) is 5.40. The van der Waals surface area contributed by atoms with Crippen LogP contribution in [0, 0.1) is 23.7 Å². The number of carboxylic acid groups (broad SMARTS) is 1. The molecule has 3 rings (SSSR count). The van der Waals surface area contributed by atoms with Crippen LogP contribution >= 0.6 is 0 Å². The van der Waals surface area contributed by atoms with Crippen LogP contribution < -0.4 is 0 Å². The second-order valence-electron chi connectivity index (χ2n) is 6.46. The highest BCUT2D eigenvalue weighted by Crippen LogP contribution is 2.53. The van der Waals surface area contributed by atoms with E-state index in [4.69, 9.17) is 0 Å². The van der Waals surface area contributed by atoms with Crippen molar-refractivity contribution in [3.8, 4) is 0 Å². The van der Waals surface area contributed by atoms with Crippen LogP contribution in [0.25, 0.3) is 0 Å². The molecule has 2 bridgehead atoms. The summed E-state index contributed by atoms with van der Waals surface area (Å²) in [6.45, 7) is 1.66. The van der Waals surface area contributed by atoms with Gasteiger partial charge in [-0.1, -0.05) is 12.8 Å².